The number of benzene rings is 1. The van der Waals surface area contributed by atoms with Gasteiger partial charge in [0.15, 0.2) is 0 Å². The lowest BCUT2D eigenvalue weighted by Gasteiger charge is -2.17. The minimum Gasteiger partial charge on any atom is -0.481 e. The minimum atomic E-state index is -0.859. The van der Waals surface area contributed by atoms with Crippen molar-refractivity contribution in [1.82, 2.24) is 0 Å². The van der Waals surface area contributed by atoms with Crippen LogP contribution in [0.2, 0.25) is 0 Å². The van der Waals surface area contributed by atoms with Crippen LogP contribution in [0.25, 0.3) is 0 Å². The Hall–Kier alpha value is -1.84. The van der Waals surface area contributed by atoms with Crippen molar-refractivity contribution < 1.29 is 14.7 Å². The molecule has 0 saturated carbocycles. The zero-order chi connectivity index (χ0) is 14.4. The average Bonchev–Trinajstić information content (AvgIpc) is 2.38. The standard InChI is InChI=1S/C15H21NO3/c1-4-10(2)11(3)15(19)16-13-7-5-12(6-8-13)9-14(17)18/h5-8,10-11H,4,9H2,1-3H3,(H,16,19)(H,17,18). The predicted molar refractivity (Wildman–Crippen MR) is 75.0 cm³/mol. The van der Waals surface area contributed by atoms with Crippen LogP contribution in [0.3, 0.4) is 0 Å². The molecule has 4 nitrogen and oxygen atoms in total. The van der Waals surface area contributed by atoms with Gasteiger partial charge in [-0.1, -0.05) is 39.3 Å². The molecule has 2 unspecified atom stereocenters. The van der Waals surface area contributed by atoms with E-state index >= 15 is 0 Å². The molecule has 0 fully saturated rings. The molecular formula is C15H21NO3. The van der Waals surface area contributed by atoms with Gasteiger partial charge in [0.25, 0.3) is 0 Å². The fraction of sp³-hybridized carbons (Fsp3) is 0.467. The zero-order valence-electron chi connectivity index (χ0n) is 11.6. The molecule has 0 saturated heterocycles. The Morgan fingerprint density at radius 3 is 2.26 bits per heavy atom. The first-order valence-corrected chi connectivity index (χ1v) is 6.55. The quantitative estimate of drug-likeness (QED) is 0.829. The highest BCUT2D eigenvalue weighted by atomic mass is 16.4. The summed E-state index contributed by atoms with van der Waals surface area (Å²) in [5.74, 6) is -0.558. The summed E-state index contributed by atoms with van der Waals surface area (Å²) >= 11 is 0. The second kappa shape index (κ2) is 6.92. The summed E-state index contributed by atoms with van der Waals surface area (Å²) in [6.07, 6.45) is 0.962. The maximum absolute atomic E-state index is 12.0. The molecule has 1 aromatic rings. The van der Waals surface area contributed by atoms with E-state index in [0.29, 0.717) is 11.6 Å². The molecule has 0 aliphatic heterocycles. The second-order valence-electron chi connectivity index (χ2n) is 4.93. The van der Waals surface area contributed by atoms with E-state index in [-0.39, 0.29) is 18.2 Å². The normalized spacial score (nSPS) is 13.6. The molecule has 0 bridgehead atoms. The number of hydrogen-bond donors (Lipinski definition) is 2. The van der Waals surface area contributed by atoms with Crippen LogP contribution >= 0.6 is 0 Å². The molecule has 0 aromatic heterocycles. The van der Waals surface area contributed by atoms with Gasteiger partial charge in [-0.2, -0.15) is 0 Å². The Morgan fingerprint density at radius 1 is 1.21 bits per heavy atom. The van der Waals surface area contributed by atoms with Crippen molar-refractivity contribution in [1.29, 1.82) is 0 Å². The number of hydrogen-bond acceptors (Lipinski definition) is 2. The largest absolute Gasteiger partial charge is 0.481 e. The molecule has 2 N–H and O–H groups in total. The van der Waals surface area contributed by atoms with E-state index in [9.17, 15) is 9.59 Å². The number of carboxylic acids is 1. The van der Waals surface area contributed by atoms with Crippen molar-refractivity contribution in [3.8, 4) is 0 Å². The van der Waals surface area contributed by atoms with Gasteiger partial charge in [-0.25, -0.2) is 0 Å². The SMILES string of the molecule is CCC(C)C(C)C(=O)Nc1ccc(CC(=O)O)cc1. The number of amides is 1. The second-order valence-corrected chi connectivity index (χ2v) is 4.93. The molecule has 1 aromatic carbocycles. The monoisotopic (exact) mass is 263 g/mol. The summed E-state index contributed by atoms with van der Waals surface area (Å²) in [5, 5.41) is 11.5. The topological polar surface area (TPSA) is 66.4 Å². The van der Waals surface area contributed by atoms with Crippen LogP contribution in [0.4, 0.5) is 5.69 Å². The number of aliphatic carboxylic acids is 1. The Kier molecular flexibility index (Phi) is 5.55. The molecule has 4 heteroatoms. The van der Waals surface area contributed by atoms with Gasteiger partial charge < -0.3 is 10.4 Å². The summed E-state index contributed by atoms with van der Waals surface area (Å²) in [4.78, 5) is 22.5. The lowest BCUT2D eigenvalue weighted by atomic mass is 9.93. The molecule has 2 atom stereocenters. The van der Waals surface area contributed by atoms with Crippen LogP contribution in [0, 0.1) is 11.8 Å². The van der Waals surface area contributed by atoms with Gasteiger partial charge in [-0.15, -0.1) is 0 Å². The maximum atomic E-state index is 12.0. The van der Waals surface area contributed by atoms with Crippen LogP contribution in [0.1, 0.15) is 32.8 Å². The molecule has 0 heterocycles. The van der Waals surface area contributed by atoms with Gasteiger partial charge in [-0.3, -0.25) is 9.59 Å². The smallest absolute Gasteiger partial charge is 0.307 e. The van der Waals surface area contributed by atoms with Crippen molar-refractivity contribution in [2.45, 2.75) is 33.6 Å². The molecule has 1 rings (SSSR count). The first-order valence-electron chi connectivity index (χ1n) is 6.55. The molecule has 0 aliphatic rings. The van der Waals surface area contributed by atoms with E-state index in [1.165, 1.54) is 0 Å². The minimum absolute atomic E-state index is 0.000310. The van der Waals surface area contributed by atoms with Crippen molar-refractivity contribution in [2.24, 2.45) is 11.8 Å². The Labute approximate surface area is 113 Å². The molecule has 1 amide bonds. The fourth-order valence-corrected chi connectivity index (χ4v) is 1.75. The fourth-order valence-electron chi connectivity index (χ4n) is 1.75. The van der Waals surface area contributed by atoms with Gasteiger partial charge >= 0.3 is 5.97 Å². The van der Waals surface area contributed by atoms with Crippen LogP contribution in [0.15, 0.2) is 24.3 Å². The Bertz CT molecular complexity index is 439. The third-order valence-corrected chi connectivity index (χ3v) is 3.49. The van der Waals surface area contributed by atoms with Gasteiger partial charge in [0.2, 0.25) is 5.91 Å². The molecular weight excluding hydrogens is 242 g/mol. The Morgan fingerprint density at radius 2 is 1.79 bits per heavy atom. The summed E-state index contributed by atoms with van der Waals surface area (Å²) in [6, 6.07) is 6.91. The van der Waals surface area contributed by atoms with Crippen molar-refractivity contribution in [3.05, 3.63) is 29.8 Å². The first kappa shape index (κ1) is 15.2. The van der Waals surface area contributed by atoms with Crippen LogP contribution in [-0.4, -0.2) is 17.0 Å². The van der Waals surface area contributed by atoms with E-state index in [4.69, 9.17) is 5.11 Å². The van der Waals surface area contributed by atoms with E-state index in [2.05, 4.69) is 19.2 Å². The van der Waals surface area contributed by atoms with E-state index in [1.807, 2.05) is 6.92 Å². The molecule has 19 heavy (non-hydrogen) atoms. The number of nitrogens with one attached hydrogen (secondary N) is 1. The number of rotatable bonds is 6. The molecule has 104 valence electrons. The van der Waals surface area contributed by atoms with Crippen LogP contribution < -0.4 is 5.32 Å². The molecule has 0 spiro atoms. The highest BCUT2D eigenvalue weighted by Crippen LogP contribution is 2.17. The predicted octanol–water partition coefficient (Wildman–Crippen LogP) is 2.93. The maximum Gasteiger partial charge on any atom is 0.307 e. The van der Waals surface area contributed by atoms with Crippen molar-refractivity contribution in [2.75, 3.05) is 5.32 Å². The molecule has 0 aliphatic carbocycles. The van der Waals surface area contributed by atoms with Crippen molar-refractivity contribution in [3.63, 3.8) is 0 Å². The zero-order valence-corrected chi connectivity index (χ0v) is 11.6. The van der Waals surface area contributed by atoms with Gasteiger partial charge in [0.1, 0.15) is 0 Å². The first-order chi connectivity index (χ1) is 8.93. The Balaban J connectivity index is 2.62. The summed E-state index contributed by atoms with van der Waals surface area (Å²) in [6.45, 7) is 6.04. The summed E-state index contributed by atoms with van der Waals surface area (Å²) in [5.41, 5.74) is 1.43. The number of anilines is 1. The van der Waals surface area contributed by atoms with Crippen molar-refractivity contribution >= 4 is 17.6 Å². The van der Waals surface area contributed by atoms with Crippen LogP contribution in [0.5, 0.6) is 0 Å². The number of carbonyl (C=O) groups is 2. The number of carboxylic acid groups (broad SMARTS) is 1. The van der Waals surface area contributed by atoms with E-state index in [0.717, 1.165) is 12.0 Å². The van der Waals surface area contributed by atoms with E-state index in [1.54, 1.807) is 24.3 Å². The molecule has 0 radical (unpaired) electrons. The lowest BCUT2D eigenvalue weighted by Crippen LogP contribution is -2.25. The van der Waals surface area contributed by atoms with Gasteiger partial charge in [-0.05, 0) is 23.6 Å². The number of carbonyl (C=O) groups excluding carboxylic acids is 1. The highest BCUT2D eigenvalue weighted by molar-refractivity contribution is 5.92. The van der Waals surface area contributed by atoms with Gasteiger partial charge in [0, 0.05) is 11.6 Å². The summed E-state index contributed by atoms with van der Waals surface area (Å²) < 4.78 is 0. The lowest BCUT2D eigenvalue weighted by molar-refractivity contribution is -0.136. The average molecular weight is 263 g/mol. The highest BCUT2D eigenvalue weighted by Gasteiger charge is 2.18. The summed E-state index contributed by atoms with van der Waals surface area (Å²) in [7, 11) is 0. The third-order valence-electron chi connectivity index (χ3n) is 3.49. The third kappa shape index (κ3) is 4.73. The van der Waals surface area contributed by atoms with Crippen LogP contribution in [-0.2, 0) is 16.0 Å². The van der Waals surface area contributed by atoms with Gasteiger partial charge in [0.05, 0.1) is 6.42 Å². The van der Waals surface area contributed by atoms with E-state index < -0.39 is 5.97 Å².